The van der Waals surface area contributed by atoms with Crippen molar-refractivity contribution >= 4 is 47.5 Å². The lowest BCUT2D eigenvalue weighted by Crippen LogP contribution is -2.61. The molecule has 0 bridgehead atoms. The number of ketones is 1. The third-order valence-electron chi connectivity index (χ3n) is 5.79. The molecule has 1 saturated heterocycles. The summed E-state index contributed by atoms with van der Waals surface area (Å²) in [7, 11) is 0. The van der Waals surface area contributed by atoms with Crippen LogP contribution in [0.3, 0.4) is 0 Å². The molecule has 2 aliphatic heterocycles. The first-order valence-electron chi connectivity index (χ1n) is 9.86. The second-order valence-corrected chi connectivity index (χ2v) is 9.58. The number of Topliss-reactive ketones (excluding diaryl/α,β-unsaturated/α-hetero) is 1. The Labute approximate surface area is 202 Å². The molecule has 1 amide bonds. The Balaban J connectivity index is 1.43. The maximum absolute atomic E-state index is 13.6. The highest BCUT2D eigenvalue weighted by Gasteiger charge is 2.52. The molecule has 0 radical (unpaired) electrons. The van der Waals surface area contributed by atoms with Crippen LogP contribution in [0.1, 0.15) is 45.1 Å². The van der Waals surface area contributed by atoms with Gasteiger partial charge in [-0.15, -0.1) is 0 Å². The van der Waals surface area contributed by atoms with Crippen molar-refractivity contribution < 1.29 is 31.9 Å². The number of carbonyl (C=O) groups is 2. The molecule has 176 valence electrons. The predicted octanol–water partition coefficient (Wildman–Crippen LogP) is 5.90. The van der Waals surface area contributed by atoms with Crippen molar-refractivity contribution in [3.8, 4) is 0 Å². The Morgan fingerprint density at radius 1 is 1.15 bits per heavy atom. The number of hydrogen-bond donors (Lipinski definition) is 1. The molecule has 0 N–H and O–H groups in total. The fourth-order valence-electron chi connectivity index (χ4n) is 4.10. The Bertz CT molecular complexity index is 1110. The molecule has 11 heteroatoms. The first-order chi connectivity index (χ1) is 15.4. The van der Waals surface area contributed by atoms with Crippen LogP contribution in [0.4, 0.5) is 17.6 Å². The van der Waals surface area contributed by atoms with E-state index >= 15 is 0 Å². The molecule has 2 heterocycles. The number of benzene rings is 2. The molecule has 1 fully saturated rings. The summed E-state index contributed by atoms with van der Waals surface area (Å²) in [6, 6.07) is 7.74. The van der Waals surface area contributed by atoms with Crippen molar-refractivity contribution in [1.82, 2.24) is 4.90 Å². The van der Waals surface area contributed by atoms with E-state index in [0.29, 0.717) is 11.1 Å². The Kier molecular flexibility index (Phi) is 6.46. The first kappa shape index (κ1) is 24.3. The number of ether oxygens (including phenoxy) is 1. The molecule has 0 saturated carbocycles. The number of amides is 1. The number of fused-ring (bicyclic) bond motifs is 2. The smallest absolute Gasteiger partial charge is 0.362 e. The van der Waals surface area contributed by atoms with Crippen molar-refractivity contribution in [1.29, 1.82) is 0 Å². The first-order valence-corrected chi connectivity index (χ1v) is 11.1. The average Bonchev–Trinajstić information content (AvgIpc) is 3.08. The zero-order valence-electron chi connectivity index (χ0n) is 16.9. The number of thiol groups is 1. The maximum Gasteiger partial charge on any atom is 0.397 e. The molecule has 33 heavy (non-hydrogen) atoms. The van der Waals surface area contributed by atoms with Crippen molar-refractivity contribution in [3.63, 3.8) is 0 Å². The number of carbonyl (C=O) groups excluding carboxylic acids is 2. The van der Waals surface area contributed by atoms with E-state index in [0.717, 1.165) is 16.0 Å². The van der Waals surface area contributed by atoms with Crippen molar-refractivity contribution in [2.24, 2.45) is 0 Å². The van der Waals surface area contributed by atoms with Crippen LogP contribution in [0.15, 0.2) is 30.3 Å². The number of likely N-dealkylation sites (tertiary alicyclic amines) is 1. The molecule has 1 atom stereocenters. The molecule has 1 unspecified atom stereocenters. The van der Waals surface area contributed by atoms with Gasteiger partial charge in [-0.2, -0.15) is 25.8 Å². The van der Waals surface area contributed by atoms with E-state index in [1.54, 1.807) is 18.2 Å². The monoisotopic (exact) mass is 521 g/mol. The third kappa shape index (κ3) is 4.87. The largest absolute Gasteiger partial charge is 0.397 e. The van der Waals surface area contributed by atoms with E-state index < -0.39 is 35.2 Å². The highest BCUT2D eigenvalue weighted by Crippen LogP contribution is 2.44. The van der Waals surface area contributed by atoms with Gasteiger partial charge in [0.15, 0.2) is 11.6 Å². The van der Waals surface area contributed by atoms with Crippen LogP contribution in [0.5, 0.6) is 0 Å². The molecule has 2 aromatic rings. The minimum atomic E-state index is -4.56. The van der Waals surface area contributed by atoms with E-state index in [-0.39, 0.29) is 41.9 Å². The standard InChI is InChI=1S/C22H17Cl2F4NO3S/c23-15-4-12(5-16(24)20(15)25)18(33)6-17(30)11-1-2-14-13(3-11)8-32-21(14)9-29(10-21)19(31)7-22(26,27)28/h1-5,18,33H,6-10H2. The van der Waals surface area contributed by atoms with Crippen LogP contribution in [0.2, 0.25) is 10.0 Å². The highest BCUT2D eigenvalue weighted by molar-refractivity contribution is 7.80. The quantitative estimate of drug-likeness (QED) is 0.231. The van der Waals surface area contributed by atoms with Gasteiger partial charge in [0.1, 0.15) is 12.0 Å². The van der Waals surface area contributed by atoms with Gasteiger partial charge in [-0.05, 0) is 34.9 Å². The summed E-state index contributed by atoms with van der Waals surface area (Å²) in [6.45, 7) is 0.255. The second kappa shape index (κ2) is 8.76. The van der Waals surface area contributed by atoms with Gasteiger partial charge < -0.3 is 9.64 Å². The molecule has 2 aliphatic rings. The molecular weight excluding hydrogens is 505 g/mol. The Morgan fingerprint density at radius 3 is 2.39 bits per heavy atom. The highest BCUT2D eigenvalue weighted by atomic mass is 35.5. The van der Waals surface area contributed by atoms with Gasteiger partial charge in [-0.25, -0.2) is 4.39 Å². The summed E-state index contributed by atoms with van der Waals surface area (Å²) >= 11 is 16.1. The maximum atomic E-state index is 13.6. The van der Waals surface area contributed by atoms with E-state index in [1.807, 2.05) is 0 Å². The number of alkyl halides is 3. The van der Waals surface area contributed by atoms with Crippen LogP contribution in [-0.4, -0.2) is 35.9 Å². The summed E-state index contributed by atoms with van der Waals surface area (Å²) in [4.78, 5) is 25.7. The number of rotatable bonds is 5. The van der Waals surface area contributed by atoms with Gasteiger partial charge in [-0.1, -0.05) is 35.3 Å². The van der Waals surface area contributed by atoms with E-state index in [4.69, 9.17) is 27.9 Å². The van der Waals surface area contributed by atoms with Crippen LogP contribution in [-0.2, 0) is 21.7 Å². The second-order valence-electron chi connectivity index (χ2n) is 8.14. The summed E-state index contributed by atoms with van der Waals surface area (Å²) in [5, 5.41) is -0.886. The van der Waals surface area contributed by atoms with E-state index in [2.05, 4.69) is 12.6 Å². The van der Waals surface area contributed by atoms with Gasteiger partial charge >= 0.3 is 6.18 Å². The minimum Gasteiger partial charge on any atom is -0.362 e. The summed E-state index contributed by atoms with van der Waals surface area (Å²) in [5.41, 5.74) is 1.58. The normalized spacial score (nSPS) is 17.6. The molecule has 0 aromatic heterocycles. The van der Waals surface area contributed by atoms with Crippen molar-refractivity contribution in [3.05, 3.63) is 68.4 Å². The van der Waals surface area contributed by atoms with Crippen LogP contribution in [0, 0.1) is 5.82 Å². The Morgan fingerprint density at radius 2 is 1.79 bits per heavy atom. The zero-order valence-corrected chi connectivity index (χ0v) is 19.3. The van der Waals surface area contributed by atoms with E-state index in [1.165, 1.54) is 12.1 Å². The van der Waals surface area contributed by atoms with Gasteiger partial charge in [0.05, 0.1) is 29.7 Å². The molecule has 0 aliphatic carbocycles. The lowest BCUT2D eigenvalue weighted by Gasteiger charge is -2.47. The fourth-order valence-corrected chi connectivity index (χ4v) is 4.91. The molecular formula is C22H17Cl2F4NO3S. The number of halogens is 6. The minimum absolute atomic E-state index is 0.00586. The van der Waals surface area contributed by atoms with Crippen LogP contribution >= 0.6 is 35.8 Å². The fraction of sp³-hybridized carbons (Fsp3) is 0.364. The predicted molar refractivity (Wildman–Crippen MR) is 117 cm³/mol. The van der Waals surface area contributed by atoms with Crippen LogP contribution < -0.4 is 0 Å². The van der Waals surface area contributed by atoms with Gasteiger partial charge in [0.2, 0.25) is 5.91 Å². The third-order valence-corrected chi connectivity index (χ3v) is 6.82. The summed E-state index contributed by atoms with van der Waals surface area (Å²) in [5.74, 6) is -1.94. The molecule has 4 nitrogen and oxygen atoms in total. The summed E-state index contributed by atoms with van der Waals surface area (Å²) < 4.78 is 56.8. The topological polar surface area (TPSA) is 46.6 Å². The lowest BCUT2D eigenvalue weighted by molar-refractivity contribution is -0.185. The van der Waals surface area contributed by atoms with Crippen molar-refractivity contribution in [2.75, 3.05) is 13.1 Å². The lowest BCUT2D eigenvalue weighted by atomic mass is 9.84. The molecule has 1 spiro atoms. The molecule has 2 aromatic carbocycles. The van der Waals surface area contributed by atoms with E-state index in [9.17, 15) is 27.2 Å². The van der Waals surface area contributed by atoms with Gasteiger partial charge in [-0.3, -0.25) is 9.59 Å². The Hall–Kier alpha value is -1.81. The summed E-state index contributed by atoms with van der Waals surface area (Å²) in [6.07, 6.45) is -6.05. The van der Waals surface area contributed by atoms with Crippen LogP contribution in [0.25, 0.3) is 0 Å². The van der Waals surface area contributed by atoms with Gasteiger partial charge in [0, 0.05) is 17.2 Å². The number of nitrogens with zero attached hydrogens (tertiary/aromatic N) is 1. The number of hydrogen-bond acceptors (Lipinski definition) is 4. The zero-order chi connectivity index (χ0) is 24.1. The SMILES string of the molecule is O=C(CC(S)c1cc(Cl)c(F)c(Cl)c1)c1ccc2c(c1)COC21CN(C(=O)CC(F)(F)F)C1. The van der Waals surface area contributed by atoms with Gasteiger partial charge in [0.25, 0.3) is 0 Å². The van der Waals surface area contributed by atoms with Crippen molar-refractivity contribution in [2.45, 2.75) is 36.5 Å². The average molecular weight is 522 g/mol. The molecule has 4 rings (SSSR count).